The number of nitrogens with one attached hydrogen (secondary N) is 1. The predicted octanol–water partition coefficient (Wildman–Crippen LogP) is 1.55. The highest BCUT2D eigenvalue weighted by Crippen LogP contribution is 2.26. The van der Waals surface area contributed by atoms with Crippen LogP contribution in [0.15, 0.2) is 24.3 Å². The predicted molar refractivity (Wildman–Crippen MR) is 75.0 cm³/mol. The van der Waals surface area contributed by atoms with Gasteiger partial charge in [0, 0.05) is 24.1 Å². The maximum absolute atomic E-state index is 5.76. The maximum atomic E-state index is 5.76. The number of hydrogen-bond acceptors (Lipinski definition) is 4. The summed E-state index contributed by atoms with van der Waals surface area (Å²) in [6.45, 7) is 3.26. The molecule has 1 aromatic rings. The molecule has 94 valence electrons. The first-order valence-electron chi connectivity index (χ1n) is 6.03. The molecule has 2 unspecified atom stereocenters. The first kappa shape index (κ1) is 12.9. The molecular weight excluding hydrogens is 230 g/mol. The van der Waals surface area contributed by atoms with Crippen molar-refractivity contribution in [1.29, 1.82) is 0 Å². The number of nitrogens with zero attached hydrogens (tertiary/aromatic N) is 1. The number of likely N-dealkylation sites (N-methyl/N-ethyl adjacent to an activating group) is 1. The molecular formula is C13H21N3S. The van der Waals surface area contributed by atoms with Crippen molar-refractivity contribution in [2.24, 2.45) is 5.84 Å². The molecule has 2 rings (SSSR count). The Morgan fingerprint density at radius 3 is 3.00 bits per heavy atom. The second-order valence-corrected chi connectivity index (χ2v) is 5.83. The summed E-state index contributed by atoms with van der Waals surface area (Å²) in [5.41, 5.74) is 5.56. The van der Waals surface area contributed by atoms with E-state index in [1.165, 1.54) is 16.9 Å². The van der Waals surface area contributed by atoms with Gasteiger partial charge in [-0.1, -0.05) is 29.8 Å². The molecule has 0 radical (unpaired) electrons. The van der Waals surface area contributed by atoms with Crippen LogP contribution < -0.4 is 11.3 Å². The largest absolute Gasteiger partial charge is 0.300 e. The van der Waals surface area contributed by atoms with Gasteiger partial charge in [0.05, 0.1) is 6.04 Å². The van der Waals surface area contributed by atoms with Crippen LogP contribution in [0, 0.1) is 6.92 Å². The monoisotopic (exact) mass is 251 g/mol. The molecule has 0 aliphatic carbocycles. The number of nitrogens with two attached hydrogens (primary N) is 1. The number of rotatable bonds is 3. The summed E-state index contributed by atoms with van der Waals surface area (Å²) in [5, 5.41) is 0. The number of thioether (sulfide) groups is 1. The van der Waals surface area contributed by atoms with E-state index in [2.05, 4.69) is 48.6 Å². The van der Waals surface area contributed by atoms with Gasteiger partial charge in [-0.25, -0.2) is 0 Å². The van der Waals surface area contributed by atoms with E-state index in [0.29, 0.717) is 6.04 Å². The quantitative estimate of drug-likeness (QED) is 0.632. The molecule has 0 bridgehead atoms. The number of benzene rings is 1. The molecule has 1 aliphatic heterocycles. The van der Waals surface area contributed by atoms with E-state index in [1.54, 1.807) is 0 Å². The Bertz CT molecular complexity index is 369. The van der Waals surface area contributed by atoms with Gasteiger partial charge in [-0.05, 0) is 19.5 Å². The smallest absolute Gasteiger partial charge is 0.0623 e. The van der Waals surface area contributed by atoms with E-state index < -0.39 is 0 Å². The van der Waals surface area contributed by atoms with Gasteiger partial charge in [0.25, 0.3) is 0 Å². The third-order valence-corrected chi connectivity index (χ3v) is 4.46. The summed E-state index contributed by atoms with van der Waals surface area (Å²) < 4.78 is 0. The first-order valence-corrected chi connectivity index (χ1v) is 7.18. The first-order chi connectivity index (χ1) is 8.22. The summed E-state index contributed by atoms with van der Waals surface area (Å²) in [6.07, 6.45) is 0. The van der Waals surface area contributed by atoms with Gasteiger partial charge >= 0.3 is 0 Å². The fourth-order valence-corrected chi connectivity index (χ4v) is 3.62. The summed E-state index contributed by atoms with van der Waals surface area (Å²) in [7, 11) is 2.19. The molecule has 1 heterocycles. The minimum Gasteiger partial charge on any atom is -0.300 e. The molecule has 0 aromatic heterocycles. The lowest BCUT2D eigenvalue weighted by Crippen LogP contribution is -2.49. The molecule has 1 saturated heterocycles. The van der Waals surface area contributed by atoms with Crippen LogP contribution in [0.5, 0.6) is 0 Å². The van der Waals surface area contributed by atoms with Gasteiger partial charge in [-0.15, -0.1) is 0 Å². The minimum absolute atomic E-state index is 0.215. The van der Waals surface area contributed by atoms with Crippen LogP contribution in [0.25, 0.3) is 0 Å². The molecule has 2 atom stereocenters. The molecule has 0 saturated carbocycles. The van der Waals surface area contributed by atoms with Crippen LogP contribution in [-0.2, 0) is 0 Å². The van der Waals surface area contributed by atoms with E-state index in [9.17, 15) is 0 Å². The van der Waals surface area contributed by atoms with Gasteiger partial charge in [0.1, 0.15) is 0 Å². The molecule has 4 heteroatoms. The zero-order valence-electron chi connectivity index (χ0n) is 10.5. The number of hydrogen-bond donors (Lipinski definition) is 2. The highest BCUT2D eigenvalue weighted by atomic mass is 32.2. The van der Waals surface area contributed by atoms with Gasteiger partial charge < -0.3 is 0 Å². The van der Waals surface area contributed by atoms with Crippen molar-refractivity contribution in [3.05, 3.63) is 35.4 Å². The fraction of sp³-hybridized carbons (Fsp3) is 0.538. The Labute approximate surface area is 108 Å². The van der Waals surface area contributed by atoms with Crippen molar-refractivity contribution in [3.63, 3.8) is 0 Å². The van der Waals surface area contributed by atoms with Crippen molar-refractivity contribution in [2.45, 2.75) is 19.0 Å². The zero-order valence-corrected chi connectivity index (χ0v) is 11.3. The standard InChI is InChI=1S/C13H21N3S/c1-10-4-3-5-11(8-10)13(15-14)12-9-17-7-6-16(12)2/h3-5,8,12-13,15H,6-7,9,14H2,1-2H3. The van der Waals surface area contributed by atoms with Gasteiger partial charge in [-0.2, -0.15) is 11.8 Å². The summed E-state index contributed by atoms with van der Waals surface area (Å²) in [6, 6.07) is 9.29. The molecule has 17 heavy (non-hydrogen) atoms. The van der Waals surface area contributed by atoms with E-state index in [-0.39, 0.29) is 6.04 Å². The topological polar surface area (TPSA) is 41.3 Å². The van der Waals surface area contributed by atoms with Gasteiger partial charge in [0.15, 0.2) is 0 Å². The molecule has 1 fully saturated rings. The average molecular weight is 251 g/mol. The van der Waals surface area contributed by atoms with Gasteiger partial charge in [0.2, 0.25) is 0 Å². The summed E-state index contributed by atoms with van der Waals surface area (Å²) in [5.74, 6) is 8.12. The lowest BCUT2D eigenvalue weighted by Gasteiger charge is -2.37. The Balaban J connectivity index is 2.20. The molecule has 1 aliphatic rings. The highest BCUT2D eigenvalue weighted by molar-refractivity contribution is 7.99. The lowest BCUT2D eigenvalue weighted by molar-refractivity contribution is 0.216. The van der Waals surface area contributed by atoms with Crippen LogP contribution in [-0.4, -0.2) is 36.0 Å². The van der Waals surface area contributed by atoms with E-state index in [4.69, 9.17) is 5.84 Å². The van der Waals surface area contributed by atoms with Crippen LogP contribution >= 0.6 is 11.8 Å². The Kier molecular flexibility index (Phi) is 4.45. The minimum atomic E-state index is 0.215. The van der Waals surface area contributed by atoms with Crippen LogP contribution in [0.2, 0.25) is 0 Å². The van der Waals surface area contributed by atoms with Crippen molar-refractivity contribution in [2.75, 3.05) is 25.1 Å². The Hall–Kier alpha value is -0.550. The third kappa shape index (κ3) is 3.01. The second-order valence-electron chi connectivity index (χ2n) is 4.68. The van der Waals surface area contributed by atoms with Gasteiger partial charge in [-0.3, -0.25) is 16.2 Å². The Morgan fingerprint density at radius 2 is 2.35 bits per heavy atom. The molecule has 0 amide bonds. The number of hydrazine groups is 1. The van der Waals surface area contributed by atoms with E-state index in [1.807, 2.05) is 11.8 Å². The summed E-state index contributed by atoms with van der Waals surface area (Å²) >= 11 is 2.01. The highest BCUT2D eigenvalue weighted by Gasteiger charge is 2.28. The SMILES string of the molecule is Cc1cccc(C(NN)C2CSCCN2C)c1. The maximum Gasteiger partial charge on any atom is 0.0623 e. The fourth-order valence-electron chi connectivity index (χ4n) is 2.35. The lowest BCUT2D eigenvalue weighted by atomic mass is 9.98. The molecule has 0 spiro atoms. The van der Waals surface area contributed by atoms with E-state index >= 15 is 0 Å². The molecule has 3 N–H and O–H groups in total. The van der Waals surface area contributed by atoms with Crippen molar-refractivity contribution >= 4 is 11.8 Å². The molecule has 1 aromatic carbocycles. The zero-order chi connectivity index (χ0) is 12.3. The average Bonchev–Trinajstić information content (AvgIpc) is 2.33. The van der Waals surface area contributed by atoms with Crippen molar-refractivity contribution < 1.29 is 0 Å². The van der Waals surface area contributed by atoms with Crippen LogP contribution in [0.1, 0.15) is 17.2 Å². The summed E-state index contributed by atoms with van der Waals surface area (Å²) in [4.78, 5) is 2.41. The normalized spacial score (nSPS) is 23.6. The molecule has 3 nitrogen and oxygen atoms in total. The Morgan fingerprint density at radius 1 is 1.53 bits per heavy atom. The van der Waals surface area contributed by atoms with Crippen LogP contribution in [0.3, 0.4) is 0 Å². The second kappa shape index (κ2) is 5.87. The third-order valence-electron chi connectivity index (χ3n) is 3.41. The van der Waals surface area contributed by atoms with Crippen LogP contribution in [0.4, 0.5) is 0 Å². The van der Waals surface area contributed by atoms with Crippen molar-refractivity contribution in [3.8, 4) is 0 Å². The van der Waals surface area contributed by atoms with E-state index in [0.717, 1.165) is 12.3 Å². The number of aryl methyl sites for hydroxylation is 1. The van der Waals surface area contributed by atoms with Crippen molar-refractivity contribution in [1.82, 2.24) is 10.3 Å².